The van der Waals surface area contributed by atoms with Crippen molar-refractivity contribution in [3.8, 4) is 0 Å². The Balaban J connectivity index is 1.04. The van der Waals surface area contributed by atoms with Crippen LogP contribution in [0.2, 0.25) is 0 Å². The van der Waals surface area contributed by atoms with Gasteiger partial charge in [0.25, 0.3) is 0 Å². The van der Waals surface area contributed by atoms with Crippen LogP contribution in [-0.2, 0) is 32.4 Å². The molecule has 0 radical (unpaired) electrons. The number of aromatic nitrogens is 2. The summed E-state index contributed by atoms with van der Waals surface area (Å²) >= 11 is 0. The lowest BCUT2D eigenvalue weighted by Gasteiger charge is -2.19. The summed E-state index contributed by atoms with van der Waals surface area (Å²) in [6.07, 6.45) is 11.0. The lowest BCUT2D eigenvalue weighted by molar-refractivity contribution is -0.141. The van der Waals surface area contributed by atoms with E-state index in [2.05, 4.69) is 170 Å². The van der Waals surface area contributed by atoms with Gasteiger partial charge in [0.1, 0.15) is 0 Å². The van der Waals surface area contributed by atoms with Crippen LogP contribution in [0.3, 0.4) is 0 Å². The van der Waals surface area contributed by atoms with E-state index in [1.807, 2.05) is 39.8 Å². The van der Waals surface area contributed by atoms with Crippen molar-refractivity contribution >= 4 is 100 Å². The zero-order valence-electron chi connectivity index (χ0n) is 53.8. The number of benzene rings is 8. The van der Waals surface area contributed by atoms with E-state index in [1.165, 1.54) is 13.8 Å². The zero-order chi connectivity index (χ0) is 62.5. The van der Waals surface area contributed by atoms with Gasteiger partial charge in [-0.1, -0.05) is 173 Å². The second kappa shape index (κ2) is 27.3. The molecule has 88 heavy (non-hydrogen) atoms. The molecule has 0 spiro atoms. The number of hydrogen-bond donors (Lipinski definition) is 0. The molecule has 8 aromatic carbocycles. The average molecular weight is 1180 g/mol. The second-order valence-corrected chi connectivity index (χ2v) is 24.9. The third-order valence-corrected chi connectivity index (χ3v) is 18.3. The minimum atomic E-state index is -0.521. The van der Waals surface area contributed by atoms with Crippen molar-refractivity contribution in [2.45, 2.75) is 173 Å². The fraction of sp³-hybridized carbons (Fsp3) is 0.359. The van der Waals surface area contributed by atoms with Gasteiger partial charge in [-0.3, -0.25) is 9.59 Å². The first-order chi connectivity index (χ1) is 42.4. The molecule has 2 unspecified atom stereocenters. The van der Waals surface area contributed by atoms with Crippen LogP contribution in [-0.4, -0.2) is 44.1 Å². The molecule has 10 heteroatoms. The van der Waals surface area contributed by atoms with Gasteiger partial charge in [-0.25, -0.2) is 9.59 Å². The number of nitrogens with zero attached hydrogens (tertiary/aromatic N) is 4. The Hall–Kier alpha value is -8.50. The number of hydrogen-bond acceptors (Lipinski definition) is 8. The lowest BCUT2D eigenvalue weighted by atomic mass is 9.89. The molecule has 0 fully saturated rings. The maximum absolute atomic E-state index is 15.0. The zero-order valence-corrected chi connectivity index (χ0v) is 53.8. The largest absolute Gasteiger partial charge is 0.340 e. The number of rotatable bonds is 25. The normalized spacial score (nSPS) is 13.0. The SMILES string of the molecule is CCCCC(CC)Cn1c2ccc(/C(CCCC/C(=N\OC(C)=O)c3ccc4c(c3)c3cc(C(=O)c5c(C)cc(C)cc5C)c5ccccc5c3n4CC(CC)CCCC)=N/OC(C)=O)cc2c2cc(C(=O)c3c(C)cc(C)cc3C)c3ccccc3c21. The number of carbonyl (C=O) groups is 4. The minimum Gasteiger partial charge on any atom is -0.340 e. The predicted octanol–water partition coefficient (Wildman–Crippen LogP) is 19.7. The summed E-state index contributed by atoms with van der Waals surface area (Å²) in [5, 5.41) is 16.9. The van der Waals surface area contributed by atoms with Gasteiger partial charge in [0.05, 0.1) is 22.5 Å². The summed E-state index contributed by atoms with van der Waals surface area (Å²) in [5.41, 5.74) is 16.0. The Morgan fingerprint density at radius 2 is 0.795 bits per heavy atom. The van der Waals surface area contributed by atoms with Crippen molar-refractivity contribution in [3.05, 3.63) is 188 Å². The van der Waals surface area contributed by atoms with E-state index in [1.54, 1.807) is 0 Å². The first-order valence-electron chi connectivity index (χ1n) is 32.1. The monoisotopic (exact) mass is 1170 g/mol. The molecule has 2 atom stereocenters. The van der Waals surface area contributed by atoms with Crippen molar-refractivity contribution in [1.82, 2.24) is 9.13 Å². The first-order valence-corrected chi connectivity index (χ1v) is 32.1. The van der Waals surface area contributed by atoms with Gasteiger partial charge >= 0.3 is 11.9 Å². The van der Waals surface area contributed by atoms with Crippen LogP contribution >= 0.6 is 0 Å². The molecule has 0 N–H and O–H groups in total. The fourth-order valence-electron chi connectivity index (χ4n) is 14.0. The van der Waals surface area contributed by atoms with Crippen LogP contribution in [0, 0.1) is 53.4 Å². The highest BCUT2D eigenvalue weighted by molar-refractivity contribution is 6.28. The molecule has 10 rings (SSSR count). The number of oxime groups is 2. The van der Waals surface area contributed by atoms with Crippen LogP contribution in [0.5, 0.6) is 0 Å². The van der Waals surface area contributed by atoms with Crippen molar-refractivity contribution in [2.75, 3.05) is 0 Å². The summed E-state index contributed by atoms with van der Waals surface area (Å²) in [6, 6.07) is 42.0. The van der Waals surface area contributed by atoms with Crippen molar-refractivity contribution in [1.29, 1.82) is 0 Å². The third kappa shape index (κ3) is 12.8. The molecule has 0 amide bonds. The van der Waals surface area contributed by atoms with Crippen LogP contribution in [0.4, 0.5) is 0 Å². The van der Waals surface area contributed by atoms with E-state index in [0.29, 0.717) is 60.1 Å². The maximum atomic E-state index is 15.0. The molecular weight excluding hydrogens is 1090 g/mol. The molecule has 0 aliphatic rings. The molecule has 454 valence electrons. The van der Waals surface area contributed by atoms with Gasteiger partial charge in [0.15, 0.2) is 11.6 Å². The Morgan fingerprint density at radius 1 is 0.432 bits per heavy atom. The quantitative estimate of drug-likeness (QED) is 0.0185. The maximum Gasteiger partial charge on any atom is 0.331 e. The van der Waals surface area contributed by atoms with E-state index in [-0.39, 0.29) is 11.6 Å². The summed E-state index contributed by atoms with van der Waals surface area (Å²) < 4.78 is 4.95. The smallest absolute Gasteiger partial charge is 0.331 e. The molecule has 0 bridgehead atoms. The van der Waals surface area contributed by atoms with Crippen LogP contribution < -0.4 is 0 Å². The molecule has 0 aliphatic heterocycles. The standard InChI is InChI=1S/C78H86N4O6/c1-13-17-25-55(15-3)45-81-71-35-33-57(41-63(71)65-43-67(59-27-19-21-29-61(59)75(65)81)77(85)73-49(7)37-47(5)38-50(73)8)69(79-87-53(11)83)31-23-24-32-70(80-88-54(12)84)58-34-36-72-64(42-58)66-44-68(78(86)74-51(9)39-48(6)40-52(74)10)60-28-20-22-30-62(60)76(66)82(72)46-56(16-4)26-18-14-2/h19-22,27-30,33-44,55-56H,13-18,23-26,31-32,45-46H2,1-12H3/b79-69+,80-70+. The summed E-state index contributed by atoms with van der Waals surface area (Å²) in [7, 11) is 0. The van der Waals surface area contributed by atoms with E-state index >= 15 is 9.59 Å². The predicted molar refractivity (Wildman–Crippen MR) is 364 cm³/mol. The molecule has 2 heterocycles. The second-order valence-electron chi connectivity index (χ2n) is 24.9. The van der Waals surface area contributed by atoms with Crippen molar-refractivity contribution < 1.29 is 28.9 Å². The van der Waals surface area contributed by atoms with Crippen LogP contribution in [0.1, 0.15) is 195 Å². The Labute approximate surface area is 519 Å². The number of fused-ring (bicyclic) bond motifs is 10. The molecule has 10 aromatic rings. The summed E-state index contributed by atoms with van der Waals surface area (Å²) in [6.45, 7) is 25.7. The molecular formula is C78H86N4O6. The Bertz CT molecular complexity index is 4090. The van der Waals surface area contributed by atoms with Crippen LogP contribution in [0.25, 0.3) is 65.2 Å². The van der Waals surface area contributed by atoms with Gasteiger partial charge in [0.2, 0.25) is 0 Å². The average Bonchev–Trinajstić information content (AvgIpc) is 1.61. The van der Waals surface area contributed by atoms with E-state index < -0.39 is 11.9 Å². The van der Waals surface area contributed by atoms with Gasteiger partial charge in [-0.2, -0.15) is 0 Å². The van der Waals surface area contributed by atoms with Crippen molar-refractivity contribution in [3.63, 3.8) is 0 Å². The number of ketones is 2. The number of unbranched alkanes of at least 4 members (excludes halogenated alkanes) is 3. The highest BCUT2D eigenvalue weighted by Crippen LogP contribution is 2.42. The van der Waals surface area contributed by atoms with Crippen molar-refractivity contribution in [2.24, 2.45) is 22.1 Å². The van der Waals surface area contributed by atoms with Gasteiger partial charge in [-0.05, 0) is 161 Å². The van der Waals surface area contributed by atoms with E-state index in [0.717, 1.165) is 185 Å². The van der Waals surface area contributed by atoms with Crippen LogP contribution in [0.15, 0.2) is 132 Å². The fourth-order valence-corrected chi connectivity index (χ4v) is 14.0. The van der Waals surface area contributed by atoms with Gasteiger partial charge < -0.3 is 18.8 Å². The van der Waals surface area contributed by atoms with Gasteiger partial charge in [-0.15, -0.1) is 0 Å². The molecule has 2 aromatic heterocycles. The number of aryl methyl sites for hydroxylation is 6. The highest BCUT2D eigenvalue weighted by atomic mass is 16.7. The Kier molecular flexibility index (Phi) is 19.4. The minimum absolute atomic E-state index is 0.00103. The first kappa shape index (κ1) is 62.5. The molecule has 0 saturated carbocycles. The molecule has 10 nitrogen and oxygen atoms in total. The lowest BCUT2D eigenvalue weighted by Crippen LogP contribution is -2.11. The van der Waals surface area contributed by atoms with E-state index in [4.69, 9.17) is 9.68 Å². The number of carbonyl (C=O) groups excluding carboxylic acids is 4. The Morgan fingerprint density at radius 3 is 1.14 bits per heavy atom. The van der Waals surface area contributed by atoms with Gasteiger partial charge in [0, 0.05) is 104 Å². The summed E-state index contributed by atoms with van der Waals surface area (Å²) in [5.74, 6) is -0.141. The van der Waals surface area contributed by atoms with E-state index in [9.17, 15) is 9.59 Å². The third-order valence-electron chi connectivity index (χ3n) is 18.3. The molecule has 0 saturated heterocycles. The highest BCUT2D eigenvalue weighted by Gasteiger charge is 2.27. The summed E-state index contributed by atoms with van der Waals surface area (Å²) in [4.78, 5) is 66.2. The molecule has 0 aliphatic carbocycles. The topological polar surface area (TPSA) is 121 Å².